The van der Waals surface area contributed by atoms with Crippen molar-refractivity contribution in [1.82, 2.24) is 9.97 Å². The second-order valence-electron chi connectivity index (χ2n) is 4.55. The number of fused-ring (bicyclic) bond motifs is 1. The number of hydrogen-bond acceptors (Lipinski definition) is 7. The Labute approximate surface area is 127 Å². The van der Waals surface area contributed by atoms with Crippen LogP contribution in [-0.4, -0.2) is 34.7 Å². The number of carbonyl (C=O) groups is 1. The lowest BCUT2D eigenvalue weighted by molar-refractivity contribution is 0.0519. The van der Waals surface area contributed by atoms with Crippen molar-refractivity contribution in [3.05, 3.63) is 41.9 Å². The maximum absolute atomic E-state index is 11.5. The molecule has 22 heavy (non-hydrogen) atoms. The molecule has 0 bridgehead atoms. The Bertz CT molecular complexity index is 692. The molecule has 0 saturated carbocycles. The number of aromatic nitrogens is 2. The van der Waals surface area contributed by atoms with E-state index in [1.54, 1.807) is 25.1 Å². The van der Waals surface area contributed by atoms with Crippen LogP contribution < -0.4 is 10.2 Å². The molecule has 0 radical (unpaired) electrons. The van der Waals surface area contributed by atoms with Crippen LogP contribution >= 0.6 is 0 Å². The van der Waals surface area contributed by atoms with Crippen molar-refractivity contribution in [2.75, 3.05) is 6.61 Å². The molecule has 0 fully saturated rings. The van der Waals surface area contributed by atoms with E-state index < -0.39 is 13.1 Å². The van der Waals surface area contributed by atoms with Crippen molar-refractivity contribution < 1.29 is 23.9 Å². The molecule has 1 aliphatic heterocycles. The van der Waals surface area contributed by atoms with Gasteiger partial charge in [0.1, 0.15) is 5.75 Å². The Balaban J connectivity index is 1.79. The monoisotopic (exact) mass is 300 g/mol. The second kappa shape index (κ2) is 6.12. The zero-order valence-electron chi connectivity index (χ0n) is 11.9. The van der Waals surface area contributed by atoms with Gasteiger partial charge in [-0.05, 0) is 18.5 Å². The van der Waals surface area contributed by atoms with Crippen molar-refractivity contribution in [2.45, 2.75) is 13.5 Å². The van der Waals surface area contributed by atoms with Crippen LogP contribution in [0.3, 0.4) is 0 Å². The van der Waals surface area contributed by atoms with Gasteiger partial charge in [0.15, 0.2) is 5.69 Å². The SMILES string of the molecule is CCOC(=O)c1cnc(Oc2cccc3c2COB3O)cn1. The van der Waals surface area contributed by atoms with Crippen molar-refractivity contribution in [3.63, 3.8) is 0 Å². The summed E-state index contributed by atoms with van der Waals surface area (Å²) >= 11 is 0. The minimum atomic E-state index is -0.934. The number of rotatable bonds is 4. The summed E-state index contributed by atoms with van der Waals surface area (Å²) in [6.07, 6.45) is 2.64. The molecule has 1 aromatic heterocycles. The van der Waals surface area contributed by atoms with Gasteiger partial charge in [0.25, 0.3) is 0 Å². The first-order valence-electron chi connectivity index (χ1n) is 6.77. The summed E-state index contributed by atoms with van der Waals surface area (Å²) in [4.78, 5) is 19.5. The molecular formula is C14H13BN2O5. The summed E-state index contributed by atoms with van der Waals surface area (Å²) in [7, 11) is -0.934. The Hall–Kier alpha value is -2.45. The number of carbonyl (C=O) groups excluding carboxylic acids is 1. The Morgan fingerprint density at radius 1 is 1.41 bits per heavy atom. The number of hydrogen-bond donors (Lipinski definition) is 1. The molecule has 0 amide bonds. The normalized spacial score (nSPS) is 12.9. The highest BCUT2D eigenvalue weighted by Crippen LogP contribution is 2.26. The molecule has 7 nitrogen and oxygen atoms in total. The van der Waals surface area contributed by atoms with Crippen molar-refractivity contribution in [3.8, 4) is 11.6 Å². The third kappa shape index (κ3) is 2.79. The molecular weight excluding hydrogens is 287 g/mol. The molecule has 112 valence electrons. The summed E-state index contributed by atoms with van der Waals surface area (Å²) in [5, 5.41) is 9.66. The number of ether oxygens (including phenoxy) is 2. The smallest absolute Gasteiger partial charge is 0.461 e. The van der Waals surface area contributed by atoms with Crippen LogP contribution in [-0.2, 0) is 16.0 Å². The van der Waals surface area contributed by atoms with Crippen LogP contribution in [0.1, 0.15) is 23.0 Å². The number of nitrogens with zero attached hydrogens (tertiary/aromatic N) is 2. The molecule has 1 aliphatic rings. The maximum atomic E-state index is 11.5. The van der Waals surface area contributed by atoms with E-state index in [1.807, 2.05) is 0 Å². The van der Waals surface area contributed by atoms with E-state index >= 15 is 0 Å². The molecule has 3 rings (SSSR count). The molecule has 8 heteroatoms. The highest BCUT2D eigenvalue weighted by atomic mass is 16.5. The Morgan fingerprint density at radius 2 is 2.27 bits per heavy atom. The van der Waals surface area contributed by atoms with Crippen LogP contribution in [0.25, 0.3) is 0 Å². The third-order valence-corrected chi connectivity index (χ3v) is 3.15. The molecule has 0 saturated heterocycles. The average Bonchev–Trinajstić information content (AvgIpc) is 2.91. The molecule has 0 unspecified atom stereocenters. The van der Waals surface area contributed by atoms with Crippen molar-refractivity contribution >= 4 is 18.6 Å². The number of esters is 1. The first kappa shape index (κ1) is 14.5. The summed E-state index contributed by atoms with van der Waals surface area (Å²) in [6.45, 7) is 2.26. The van der Waals surface area contributed by atoms with Gasteiger partial charge in [-0.2, -0.15) is 0 Å². The predicted molar refractivity (Wildman–Crippen MR) is 76.9 cm³/mol. The Morgan fingerprint density at radius 3 is 3.00 bits per heavy atom. The van der Waals surface area contributed by atoms with Crippen LogP contribution in [0, 0.1) is 0 Å². The topological polar surface area (TPSA) is 90.8 Å². The van der Waals surface area contributed by atoms with E-state index in [0.29, 0.717) is 11.2 Å². The van der Waals surface area contributed by atoms with Gasteiger partial charge in [0.05, 0.1) is 25.6 Å². The quantitative estimate of drug-likeness (QED) is 0.655. The standard InChI is InChI=1S/C14H13BN2O5/c1-2-20-14(18)11-6-17-13(7-16-11)22-12-5-3-4-10-9(12)8-21-15(10)19/h3-7,19H,2,8H2,1H3. The summed E-state index contributed by atoms with van der Waals surface area (Å²) in [5.41, 5.74) is 1.56. The molecule has 1 aromatic carbocycles. The summed E-state index contributed by atoms with van der Waals surface area (Å²) in [5.74, 6) is 0.244. The fourth-order valence-electron chi connectivity index (χ4n) is 2.11. The van der Waals surface area contributed by atoms with Gasteiger partial charge in [-0.15, -0.1) is 0 Å². The van der Waals surface area contributed by atoms with Gasteiger partial charge < -0.3 is 19.2 Å². The molecule has 1 N–H and O–H groups in total. The van der Waals surface area contributed by atoms with Crippen molar-refractivity contribution in [1.29, 1.82) is 0 Å². The van der Waals surface area contributed by atoms with Crippen molar-refractivity contribution in [2.24, 2.45) is 0 Å². The molecule has 2 heterocycles. The lowest BCUT2D eigenvalue weighted by Crippen LogP contribution is -2.27. The lowest BCUT2D eigenvalue weighted by Gasteiger charge is -2.08. The molecule has 0 spiro atoms. The zero-order valence-corrected chi connectivity index (χ0v) is 11.9. The van der Waals surface area contributed by atoms with E-state index in [0.717, 1.165) is 5.56 Å². The van der Waals surface area contributed by atoms with Gasteiger partial charge in [0, 0.05) is 5.56 Å². The first-order chi connectivity index (χ1) is 10.7. The van der Waals surface area contributed by atoms with Gasteiger partial charge in [-0.1, -0.05) is 12.1 Å². The van der Waals surface area contributed by atoms with Gasteiger partial charge in [-0.3, -0.25) is 0 Å². The minimum absolute atomic E-state index is 0.117. The fourth-order valence-corrected chi connectivity index (χ4v) is 2.11. The van der Waals surface area contributed by atoms with Gasteiger partial charge in [0.2, 0.25) is 5.88 Å². The van der Waals surface area contributed by atoms with E-state index in [4.69, 9.17) is 14.1 Å². The second-order valence-corrected chi connectivity index (χ2v) is 4.55. The molecule has 0 atom stereocenters. The van der Waals surface area contributed by atoms with Crippen LogP contribution in [0.15, 0.2) is 30.6 Å². The van der Waals surface area contributed by atoms with Crippen LogP contribution in [0.4, 0.5) is 0 Å². The van der Waals surface area contributed by atoms with Gasteiger partial charge >= 0.3 is 13.1 Å². The maximum Gasteiger partial charge on any atom is 0.491 e. The predicted octanol–water partition coefficient (Wildman–Crippen LogP) is 0.663. The number of benzene rings is 1. The van der Waals surface area contributed by atoms with E-state index in [1.165, 1.54) is 12.4 Å². The summed E-state index contributed by atoms with van der Waals surface area (Å²) < 4.78 is 15.6. The summed E-state index contributed by atoms with van der Waals surface area (Å²) in [6, 6.07) is 5.28. The van der Waals surface area contributed by atoms with E-state index in [2.05, 4.69) is 9.97 Å². The highest BCUT2D eigenvalue weighted by molar-refractivity contribution is 6.61. The first-order valence-corrected chi connectivity index (χ1v) is 6.77. The minimum Gasteiger partial charge on any atom is -0.461 e. The van der Waals surface area contributed by atoms with E-state index in [-0.39, 0.29) is 24.8 Å². The van der Waals surface area contributed by atoms with Gasteiger partial charge in [-0.25, -0.2) is 14.8 Å². The molecule has 0 aliphatic carbocycles. The Kier molecular flexibility index (Phi) is 4.03. The van der Waals surface area contributed by atoms with Crippen LogP contribution in [0.5, 0.6) is 11.6 Å². The third-order valence-electron chi connectivity index (χ3n) is 3.15. The van der Waals surface area contributed by atoms with E-state index in [9.17, 15) is 9.82 Å². The zero-order chi connectivity index (χ0) is 15.5. The largest absolute Gasteiger partial charge is 0.491 e. The lowest BCUT2D eigenvalue weighted by atomic mass is 9.79. The molecule has 2 aromatic rings. The fraction of sp³-hybridized carbons (Fsp3) is 0.214. The van der Waals surface area contributed by atoms with Crippen LogP contribution in [0.2, 0.25) is 0 Å². The average molecular weight is 300 g/mol. The highest BCUT2D eigenvalue weighted by Gasteiger charge is 2.29.